The highest BCUT2D eigenvalue weighted by molar-refractivity contribution is 5.86. The second-order valence-electron chi connectivity index (χ2n) is 3.26. The molecule has 1 rings (SSSR count). The minimum atomic E-state index is -1.59. The topological polar surface area (TPSA) is 63.3 Å². The number of benzene rings is 1. The Morgan fingerprint density at radius 2 is 2.00 bits per heavy atom. The van der Waals surface area contributed by atoms with Crippen LogP contribution in [0.25, 0.3) is 6.08 Å². The Labute approximate surface area is 82.9 Å². The summed E-state index contributed by atoms with van der Waals surface area (Å²) in [4.78, 5) is 10.8. The molecule has 0 aliphatic rings. The van der Waals surface area contributed by atoms with Gasteiger partial charge in [-0.15, -0.1) is 0 Å². The second kappa shape index (κ2) is 4.07. The van der Waals surface area contributed by atoms with Crippen LogP contribution in [0.1, 0.15) is 12.5 Å². The highest BCUT2D eigenvalue weighted by Crippen LogP contribution is 2.08. The van der Waals surface area contributed by atoms with Crippen LogP contribution < -0.4 is 5.73 Å². The lowest BCUT2D eigenvalue weighted by molar-refractivity contribution is -0.130. The number of aliphatic hydroxyl groups is 1. The molecule has 0 saturated carbocycles. The standard InChI is InChI=1S/C11H13NO2/c1-11(14,10(12)13)8-7-9-5-3-2-4-6-9/h2-8,14H,1H3,(H2,12,13)/b8-7+. The Morgan fingerprint density at radius 1 is 1.43 bits per heavy atom. The third-order valence-electron chi connectivity index (χ3n) is 1.90. The van der Waals surface area contributed by atoms with Crippen LogP contribution in [0.3, 0.4) is 0 Å². The molecule has 14 heavy (non-hydrogen) atoms. The summed E-state index contributed by atoms with van der Waals surface area (Å²) in [5.74, 6) is -0.760. The van der Waals surface area contributed by atoms with E-state index in [1.165, 1.54) is 13.0 Å². The highest BCUT2D eigenvalue weighted by Gasteiger charge is 2.23. The van der Waals surface area contributed by atoms with E-state index in [0.717, 1.165) is 5.56 Å². The molecule has 3 heteroatoms. The van der Waals surface area contributed by atoms with E-state index in [1.807, 2.05) is 30.3 Å². The van der Waals surface area contributed by atoms with Crippen LogP contribution in [0.4, 0.5) is 0 Å². The summed E-state index contributed by atoms with van der Waals surface area (Å²) in [6.07, 6.45) is 3.04. The summed E-state index contributed by atoms with van der Waals surface area (Å²) in [7, 11) is 0. The minimum Gasteiger partial charge on any atom is -0.376 e. The molecule has 3 N–H and O–H groups in total. The molecule has 1 atom stereocenters. The molecule has 1 unspecified atom stereocenters. The van der Waals surface area contributed by atoms with Gasteiger partial charge in [0.25, 0.3) is 5.91 Å². The third kappa shape index (κ3) is 2.71. The lowest BCUT2D eigenvalue weighted by Crippen LogP contribution is -2.38. The predicted octanol–water partition coefficient (Wildman–Crippen LogP) is 0.936. The summed E-state index contributed by atoms with van der Waals surface area (Å²) < 4.78 is 0. The van der Waals surface area contributed by atoms with Gasteiger partial charge < -0.3 is 10.8 Å². The summed E-state index contributed by atoms with van der Waals surface area (Å²) in [5.41, 5.74) is 4.32. The number of hydrogen-bond donors (Lipinski definition) is 2. The largest absolute Gasteiger partial charge is 0.376 e. The Hall–Kier alpha value is -1.61. The molecular formula is C11H13NO2. The van der Waals surface area contributed by atoms with E-state index in [9.17, 15) is 9.90 Å². The van der Waals surface area contributed by atoms with Gasteiger partial charge in [0.15, 0.2) is 5.60 Å². The average Bonchev–Trinajstić information content (AvgIpc) is 2.16. The smallest absolute Gasteiger partial charge is 0.253 e. The van der Waals surface area contributed by atoms with Gasteiger partial charge in [0.1, 0.15) is 0 Å². The molecule has 0 radical (unpaired) electrons. The van der Waals surface area contributed by atoms with Gasteiger partial charge in [-0.3, -0.25) is 4.79 Å². The SMILES string of the molecule is CC(O)(/C=C/c1ccccc1)C(N)=O. The van der Waals surface area contributed by atoms with Crippen LogP contribution in [0.2, 0.25) is 0 Å². The molecule has 1 aromatic rings. The summed E-state index contributed by atoms with van der Waals surface area (Å²) >= 11 is 0. The van der Waals surface area contributed by atoms with Gasteiger partial charge in [0, 0.05) is 0 Å². The summed E-state index contributed by atoms with van der Waals surface area (Å²) in [5, 5.41) is 9.49. The number of nitrogens with two attached hydrogens (primary N) is 1. The fourth-order valence-electron chi connectivity index (χ4n) is 0.905. The fourth-order valence-corrected chi connectivity index (χ4v) is 0.905. The Bertz CT molecular complexity index is 342. The molecule has 1 amide bonds. The van der Waals surface area contributed by atoms with Crippen LogP contribution in [0, 0.1) is 0 Å². The molecule has 74 valence electrons. The lowest BCUT2D eigenvalue weighted by Gasteiger charge is -2.13. The van der Waals surface area contributed by atoms with E-state index < -0.39 is 11.5 Å². The first kappa shape index (κ1) is 10.5. The monoisotopic (exact) mass is 191 g/mol. The van der Waals surface area contributed by atoms with E-state index in [0.29, 0.717) is 0 Å². The third-order valence-corrected chi connectivity index (χ3v) is 1.90. The van der Waals surface area contributed by atoms with Gasteiger partial charge in [-0.2, -0.15) is 0 Å². The van der Waals surface area contributed by atoms with Crippen molar-refractivity contribution >= 4 is 12.0 Å². The fraction of sp³-hybridized carbons (Fsp3) is 0.182. The molecule has 3 nitrogen and oxygen atoms in total. The number of carbonyl (C=O) groups is 1. The molecule has 0 heterocycles. The zero-order valence-corrected chi connectivity index (χ0v) is 7.97. The molecule has 1 aromatic carbocycles. The zero-order chi connectivity index (χ0) is 10.6. The van der Waals surface area contributed by atoms with Gasteiger partial charge >= 0.3 is 0 Å². The highest BCUT2D eigenvalue weighted by atomic mass is 16.3. The van der Waals surface area contributed by atoms with Crippen LogP contribution in [0.15, 0.2) is 36.4 Å². The molecule has 0 spiro atoms. The van der Waals surface area contributed by atoms with Crippen molar-refractivity contribution in [3.05, 3.63) is 42.0 Å². The minimum absolute atomic E-state index is 0.760. The van der Waals surface area contributed by atoms with Crippen molar-refractivity contribution in [2.75, 3.05) is 0 Å². The summed E-state index contributed by atoms with van der Waals surface area (Å²) in [6, 6.07) is 9.38. The quantitative estimate of drug-likeness (QED) is 0.746. The Kier molecular flexibility index (Phi) is 3.04. The maximum atomic E-state index is 10.8. The number of hydrogen-bond acceptors (Lipinski definition) is 2. The van der Waals surface area contributed by atoms with Crippen molar-refractivity contribution < 1.29 is 9.90 Å². The number of amides is 1. The Morgan fingerprint density at radius 3 is 2.50 bits per heavy atom. The number of carbonyl (C=O) groups excluding carboxylic acids is 1. The van der Waals surface area contributed by atoms with Crippen molar-refractivity contribution in [3.63, 3.8) is 0 Å². The molecular weight excluding hydrogens is 178 g/mol. The van der Waals surface area contributed by atoms with Crippen molar-refractivity contribution in [2.24, 2.45) is 5.73 Å². The maximum Gasteiger partial charge on any atom is 0.253 e. The second-order valence-corrected chi connectivity index (χ2v) is 3.26. The molecule has 0 bridgehead atoms. The molecule has 0 aromatic heterocycles. The van der Waals surface area contributed by atoms with Gasteiger partial charge in [-0.25, -0.2) is 0 Å². The number of primary amides is 1. The van der Waals surface area contributed by atoms with Crippen LogP contribution in [-0.2, 0) is 4.79 Å². The van der Waals surface area contributed by atoms with Gasteiger partial charge in [-0.05, 0) is 18.6 Å². The first-order valence-corrected chi connectivity index (χ1v) is 4.29. The van der Waals surface area contributed by atoms with Crippen LogP contribution >= 0.6 is 0 Å². The first-order valence-electron chi connectivity index (χ1n) is 4.29. The normalized spacial score (nSPS) is 15.3. The first-order chi connectivity index (χ1) is 6.52. The van der Waals surface area contributed by atoms with Crippen LogP contribution in [-0.4, -0.2) is 16.6 Å². The lowest BCUT2D eigenvalue weighted by atomic mass is 10.0. The van der Waals surface area contributed by atoms with E-state index in [-0.39, 0.29) is 0 Å². The molecule has 0 saturated heterocycles. The van der Waals surface area contributed by atoms with E-state index in [1.54, 1.807) is 6.08 Å². The van der Waals surface area contributed by atoms with Crippen molar-refractivity contribution in [2.45, 2.75) is 12.5 Å². The number of rotatable bonds is 3. The van der Waals surface area contributed by atoms with E-state index in [2.05, 4.69) is 0 Å². The predicted molar refractivity (Wildman–Crippen MR) is 55.3 cm³/mol. The van der Waals surface area contributed by atoms with Crippen molar-refractivity contribution in [1.29, 1.82) is 0 Å². The van der Waals surface area contributed by atoms with Gasteiger partial charge in [0.05, 0.1) is 0 Å². The maximum absolute atomic E-state index is 10.8. The zero-order valence-electron chi connectivity index (χ0n) is 7.97. The van der Waals surface area contributed by atoms with Crippen LogP contribution in [0.5, 0.6) is 0 Å². The molecule has 0 aliphatic heterocycles. The van der Waals surface area contributed by atoms with E-state index >= 15 is 0 Å². The van der Waals surface area contributed by atoms with Crippen molar-refractivity contribution in [1.82, 2.24) is 0 Å². The van der Waals surface area contributed by atoms with Gasteiger partial charge in [-0.1, -0.05) is 36.4 Å². The van der Waals surface area contributed by atoms with Crippen molar-refractivity contribution in [3.8, 4) is 0 Å². The summed E-state index contributed by atoms with van der Waals surface area (Å²) in [6.45, 7) is 1.36. The Balaban J connectivity index is 2.79. The van der Waals surface area contributed by atoms with Gasteiger partial charge in [0.2, 0.25) is 0 Å². The molecule has 0 aliphatic carbocycles. The molecule has 0 fully saturated rings. The average molecular weight is 191 g/mol. The van der Waals surface area contributed by atoms with E-state index in [4.69, 9.17) is 5.73 Å².